The summed E-state index contributed by atoms with van der Waals surface area (Å²) in [5.74, 6) is -0.516. The van der Waals surface area contributed by atoms with Crippen LogP contribution >= 0.6 is 0 Å². The van der Waals surface area contributed by atoms with E-state index in [1.165, 1.54) is 24.3 Å². The van der Waals surface area contributed by atoms with Gasteiger partial charge in [-0.2, -0.15) is 0 Å². The van der Waals surface area contributed by atoms with E-state index in [-0.39, 0.29) is 24.3 Å². The monoisotopic (exact) mass is 268 g/mol. The third-order valence-corrected chi connectivity index (χ3v) is 3.23. The summed E-state index contributed by atoms with van der Waals surface area (Å²) in [5.41, 5.74) is -0.665. The Labute approximate surface area is 113 Å². The van der Waals surface area contributed by atoms with Gasteiger partial charge in [-0.1, -0.05) is 12.1 Å². The molecule has 0 aromatic heterocycles. The van der Waals surface area contributed by atoms with E-state index in [4.69, 9.17) is 0 Å². The summed E-state index contributed by atoms with van der Waals surface area (Å²) in [7, 11) is 3.62. The normalized spacial score (nSPS) is 15.9. The molecule has 0 aliphatic heterocycles. The highest BCUT2D eigenvalue weighted by atomic mass is 19.1. The van der Waals surface area contributed by atoms with Crippen LogP contribution < -0.4 is 5.32 Å². The Morgan fingerprint density at radius 3 is 2.42 bits per heavy atom. The van der Waals surface area contributed by atoms with Gasteiger partial charge >= 0.3 is 0 Å². The summed E-state index contributed by atoms with van der Waals surface area (Å²) in [6, 6.07) is 5.32. The number of benzene rings is 1. The number of amides is 1. The maximum atomic E-state index is 12.8. The largest absolute Gasteiger partial charge is 0.384 e. The minimum absolute atomic E-state index is 0.0790. The fourth-order valence-corrected chi connectivity index (χ4v) is 1.55. The molecule has 0 radical (unpaired) electrons. The lowest BCUT2D eigenvalue weighted by atomic mass is 9.96. The molecule has 0 fully saturated rings. The molecule has 1 unspecified atom stereocenters. The predicted octanol–water partition coefficient (Wildman–Crippen LogP) is 1.10. The van der Waals surface area contributed by atoms with Crippen molar-refractivity contribution in [1.29, 1.82) is 0 Å². The molecule has 1 amide bonds. The average molecular weight is 268 g/mol. The van der Waals surface area contributed by atoms with Crippen LogP contribution in [0.3, 0.4) is 0 Å². The lowest BCUT2D eigenvalue weighted by Gasteiger charge is -2.26. The molecule has 0 saturated heterocycles. The van der Waals surface area contributed by atoms with Gasteiger partial charge in [-0.25, -0.2) is 4.39 Å². The van der Waals surface area contributed by atoms with Crippen LogP contribution in [0.5, 0.6) is 0 Å². The highest BCUT2D eigenvalue weighted by Gasteiger charge is 2.25. The molecule has 0 aliphatic carbocycles. The van der Waals surface area contributed by atoms with Crippen LogP contribution in [0.2, 0.25) is 0 Å². The first-order valence-corrected chi connectivity index (χ1v) is 6.16. The molecule has 2 atom stereocenters. The second kappa shape index (κ2) is 6.12. The number of hydrogen-bond acceptors (Lipinski definition) is 3. The first kappa shape index (κ1) is 15.6. The van der Waals surface area contributed by atoms with Gasteiger partial charge in [-0.3, -0.25) is 9.69 Å². The van der Waals surface area contributed by atoms with Crippen LogP contribution in [0.25, 0.3) is 0 Å². The van der Waals surface area contributed by atoms with Crippen LogP contribution in [0.4, 0.5) is 4.39 Å². The Balaban J connectivity index is 2.65. The molecular weight excluding hydrogens is 247 g/mol. The van der Waals surface area contributed by atoms with Crippen LogP contribution in [0.15, 0.2) is 24.3 Å². The standard InChI is InChI=1S/C14H21FN2O2/c1-10(17(3)4)13(18)16-9-14(2,19)11-5-7-12(15)8-6-11/h5-8,10,19H,9H2,1-4H3,(H,16,18)/t10-,14?/m0/s1. The first-order chi connectivity index (χ1) is 8.74. The van der Waals surface area contributed by atoms with Crippen molar-refractivity contribution >= 4 is 5.91 Å². The van der Waals surface area contributed by atoms with E-state index in [0.717, 1.165) is 0 Å². The van der Waals surface area contributed by atoms with E-state index in [0.29, 0.717) is 5.56 Å². The van der Waals surface area contributed by atoms with Crippen molar-refractivity contribution in [1.82, 2.24) is 10.2 Å². The second-order valence-electron chi connectivity index (χ2n) is 5.14. The van der Waals surface area contributed by atoms with E-state index in [1.807, 2.05) is 14.1 Å². The zero-order valence-electron chi connectivity index (χ0n) is 11.8. The Bertz CT molecular complexity index is 430. The molecule has 4 nitrogen and oxygen atoms in total. The van der Waals surface area contributed by atoms with Crippen LogP contribution in [0, 0.1) is 5.82 Å². The van der Waals surface area contributed by atoms with Crippen molar-refractivity contribution in [3.63, 3.8) is 0 Å². The third kappa shape index (κ3) is 4.29. The number of nitrogens with one attached hydrogen (secondary N) is 1. The minimum atomic E-state index is -1.23. The van der Waals surface area contributed by atoms with Gasteiger partial charge in [0.25, 0.3) is 0 Å². The topological polar surface area (TPSA) is 52.6 Å². The fourth-order valence-electron chi connectivity index (χ4n) is 1.55. The summed E-state index contributed by atoms with van der Waals surface area (Å²) in [4.78, 5) is 13.6. The Hall–Kier alpha value is -1.46. The number of halogens is 1. The summed E-state index contributed by atoms with van der Waals surface area (Å²) in [6.07, 6.45) is 0. The summed E-state index contributed by atoms with van der Waals surface area (Å²) in [5, 5.41) is 13.0. The van der Waals surface area contributed by atoms with Crippen molar-refractivity contribution in [3.05, 3.63) is 35.6 Å². The minimum Gasteiger partial charge on any atom is -0.384 e. The molecule has 0 aliphatic rings. The summed E-state index contributed by atoms with van der Waals surface area (Å²) in [6.45, 7) is 3.44. The van der Waals surface area contributed by atoms with Crippen molar-refractivity contribution in [3.8, 4) is 0 Å². The quantitative estimate of drug-likeness (QED) is 0.841. The van der Waals surface area contributed by atoms with Gasteiger partial charge in [0.2, 0.25) is 5.91 Å². The van der Waals surface area contributed by atoms with E-state index in [9.17, 15) is 14.3 Å². The molecule has 5 heteroatoms. The SMILES string of the molecule is C[C@@H](C(=O)NCC(C)(O)c1ccc(F)cc1)N(C)C. The molecule has 19 heavy (non-hydrogen) atoms. The molecule has 1 aromatic rings. The average Bonchev–Trinajstić information content (AvgIpc) is 2.35. The molecule has 0 spiro atoms. The zero-order chi connectivity index (χ0) is 14.6. The molecule has 0 heterocycles. The number of carbonyl (C=O) groups excluding carboxylic acids is 1. The van der Waals surface area contributed by atoms with Gasteiger partial charge in [-0.05, 0) is 45.6 Å². The second-order valence-corrected chi connectivity index (χ2v) is 5.14. The van der Waals surface area contributed by atoms with Gasteiger partial charge in [0, 0.05) is 0 Å². The number of rotatable bonds is 5. The Kier molecular flexibility index (Phi) is 5.03. The van der Waals surface area contributed by atoms with Gasteiger partial charge in [0.05, 0.1) is 12.6 Å². The van der Waals surface area contributed by atoms with E-state index >= 15 is 0 Å². The molecule has 1 aromatic carbocycles. The fraction of sp³-hybridized carbons (Fsp3) is 0.500. The molecule has 0 bridgehead atoms. The van der Waals surface area contributed by atoms with Crippen molar-refractivity contribution in [2.24, 2.45) is 0 Å². The Morgan fingerprint density at radius 1 is 1.42 bits per heavy atom. The summed E-state index contributed by atoms with van der Waals surface area (Å²) < 4.78 is 12.8. The number of carbonyl (C=O) groups is 1. The van der Waals surface area contributed by atoms with Crippen LogP contribution in [0.1, 0.15) is 19.4 Å². The van der Waals surface area contributed by atoms with E-state index in [2.05, 4.69) is 5.32 Å². The van der Waals surface area contributed by atoms with Gasteiger partial charge in [-0.15, -0.1) is 0 Å². The molecular formula is C14H21FN2O2. The third-order valence-electron chi connectivity index (χ3n) is 3.23. The van der Waals surface area contributed by atoms with Gasteiger partial charge < -0.3 is 10.4 Å². The van der Waals surface area contributed by atoms with Gasteiger partial charge in [0.15, 0.2) is 0 Å². The lowest BCUT2D eigenvalue weighted by molar-refractivity contribution is -0.126. The number of nitrogens with zero attached hydrogens (tertiary/aromatic N) is 1. The van der Waals surface area contributed by atoms with Crippen LogP contribution in [-0.4, -0.2) is 42.6 Å². The van der Waals surface area contributed by atoms with E-state index < -0.39 is 5.60 Å². The van der Waals surface area contributed by atoms with Crippen molar-refractivity contribution < 1.29 is 14.3 Å². The zero-order valence-corrected chi connectivity index (χ0v) is 11.8. The van der Waals surface area contributed by atoms with Crippen molar-refractivity contribution in [2.45, 2.75) is 25.5 Å². The van der Waals surface area contributed by atoms with Crippen molar-refractivity contribution in [2.75, 3.05) is 20.6 Å². The maximum absolute atomic E-state index is 12.8. The van der Waals surface area contributed by atoms with E-state index in [1.54, 1.807) is 18.7 Å². The first-order valence-electron chi connectivity index (χ1n) is 6.16. The maximum Gasteiger partial charge on any atom is 0.237 e. The molecule has 106 valence electrons. The lowest BCUT2D eigenvalue weighted by Crippen LogP contribution is -2.46. The summed E-state index contributed by atoms with van der Waals surface area (Å²) >= 11 is 0. The van der Waals surface area contributed by atoms with Gasteiger partial charge in [0.1, 0.15) is 11.4 Å². The number of hydrogen-bond donors (Lipinski definition) is 2. The highest BCUT2D eigenvalue weighted by molar-refractivity contribution is 5.81. The highest BCUT2D eigenvalue weighted by Crippen LogP contribution is 2.19. The molecule has 0 saturated carbocycles. The molecule has 2 N–H and O–H groups in total. The Morgan fingerprint density at radius 2 is 1.95 bits per heavy atom. The smallest absolute Gasteiger partial charge is 0.237 e. The molecule has 1 rings (SSSR count). The predicted molar refractivity (Wildman–Crippen MR) is 72.1 cm³/mol. The van der Waals surface area contributed by atoms with Crippen LogP contribution in [-0.2, 0) is 10.4 Å². The number of likely N-dealkylation sites (N-methyl/N-ethyl adjacent to an activating group) is 1. The number of aliphatic hydroxyl groups is 1.